The highest BCUT2D eigenvalue weighted by molar-refractivity contribution is 7.16. The van der Waals surface area contributed by atoms with E-state index in [2.05, 4.69) is 10.3 Å². The van der Waals surface area contributed by atoms with Crippen LogP contribution in [0.4, 0.5) is 4.79 Å². The van der Waals surface area contributed by atoms with Crippen molar-refractivity contribution in [1.29, 1.82) is 0 Å². The monoisotopic (exact) mass is 500 g/mol. The van der Waals surface area contributed by atoms with Crippen LogP contribution in [0.15, 0.2) is 36.4 Å². The molecule has 1 saturated heterocycles. The number of piperazine rings is 1. The molecule has 1 fully saturated rings. The van der Waals surface area contributed by atoms with Crippen molar-refractivity contribution in [1.82, 2.24) is 20.1 Å². The second-order valence-electron chi connectivity index (χ2n) is 7.79. The van der Waals surface area contributed by atoms with Crippen LogP contribution in [0, 0.1) is 0 Å². The molecule has 0 aliphatic carbocycles. The molecule has 0 saturated carbocycles. The smallest absolute Gasteiger partial charge is 0.409 e. The lowest BCUT2D eigenvalue weighted by atomic mass is 10.2. The maximum absolute atomic E-state index is 12.8. The Morgan fingerprint density at radius 3 is 2.46 bits per heavy atom. The first-order valence-electron chi connectivity index (χ1n) is 11.3. The quantitative estimate of drug-likeness (QED) is 0.400. The van der Waals surface area contributed by atoms with Gasteiger partial charge in [0.05, 0.1) is 18.0 Å². The summed E-state index contributed by atoms with van der Waals surface area (Å²) >= 11 is 1.19. The molecule has 0 radical (unpaired) electrons. The average molecular weight is 501 g/mol. The summed E-state index contributed by atoms with van der Waals surface area (Å²) in [5.74, 6) is -1.99. The Hall–Kier alpha value is -3.73. The minimum Gasteiger partial charge on any atom is -0.478 e. The van der Waals surface area contributed by atoms with Gasteiger partial charge in [0.2, 0.25) is 5.91 Å². The summed E-state index contributed by atoms with van der Waals surface area (Å²) in [6.45, 7) is 3.58. The van der Waals surface area contributed by atoms with Crippen LogP contribution in [0.25, 0.3) is 16.6 Å². The standard InChI is InChI=1S/C24H28N4O6S/c1-2-3-15-34-24(33)28-13-11-27(12-14-28)19(29)16-25-22(32)21-18(9-10-20(30)31)35-23(26-21)17-7-5-4-6-8-17/h4-10H,2-3,11-16H2,1H3,(H,25,32)(H,30,31)/b10-9+. The van der Waals surface area contributed by atoms with Crippen molar-refractivity contribution >= 4 is 41.3 Å². The molecule has 0 unspecified atom stereocenters. The number of nitrogens with one attached hydrogen (secondary N) is 1. The maximum atomic E-state index is 12.8. The Kier molecular flexibility index (Phi) is 9.36. The van der Waals surface area contributed by atoms with E-state index in [4.69, 9.17) is 9.84 Å². The van der Waals surface area contributed by atoms with Crippen molar-refractivity contribution in [2.75, 3.05) is 39.3 Å². The molecule has 2 aromatic rings. The number of benzene rings is 1. The predicted molar refractivity (Wildman–Crippen MR) is 131 cm³/mol. The van der Waals surface area contributed by atoms with Gasteiger partial charge in [0.1, 0.15) is 10.7 Å². The topological polar surface area (TPSA) is 129 Å². The summed E-state index contributed by atoms with van der Waals surface area (Å²) in [7, 11) is 0. The molecule has 1 aromatic heterocycles. The van der Waals surface area contributed by atoms with Crippen LogP contribution in [-0.4, -0.2) is 83.1 Å². The summed E-state index contributed by atoms with van der Waals surface area (Å²) in [6, 6.07) is 9.22. The highest BCUT2D eigenvalue weighted by atomic mass is 32.1. The van der Waals surface area contributed by atoms with Crippen LogP contribution < -0.4 is 5.32 Å². The van der Waals surface area contributed by atoms with E-state index in [1.165, 1.54) is 17.4 Å². The highest BCUT2D eigenvalue weighted by Gasteiger charge is 2.26. The fraction of sp³-hybridized carbons (Fsp3) is 0.375. The Morgan fingerprint density at radius 1 is 1.11 bits per heavy atom. The normalized spacial score (nSPS) is 13.6. The molecule has 10 nitrogen and oxygen atoms in total. The second-order valence-corrected chi connectivity index (χ2v) is 8.82. The third kappa shape index (κ3) is 7.38. The van der Waals surface area contributed by atoms with E-state index in [9.17, 15) is 19.2 Å². The fourth-order valence-electron chi connectivity index (χ4n) is 3.34. The molecular formula is C24H28N4O6S. The van der Waals surface area contributed by atoms with Gasteiger partial charge in [-0.25, -0.2) is 14.6 Å². The summed E-state index contributed by atoms with van der Waals surface area (Å²) in [4.78, 5) is 56.4. The van der Waals surface area contributed by atoms with E-state index < -0.39 is 11.9 Å². The van der Waals surface area contributed by atoms with Crippen LogP contribution in [-0.2, 0) is 14.3 Å². The van der Waals surface area contributed by atoms with E-state index in [0.29, 0.717) is 42.7 Å². The van der Waals surface area contributed by atoms with Crippen LogP contribution in [0.2, 0.25) is 0 Å². The number of nitrogens with zero attached hydrogens (tertiary/aromatic N) is 3. The van der Waals surface area contributed by atoms with Gasteiger partial charge in [-0.1, -0.05) is 43.7 Å². The van der Waals surface area contributed by atoms with Crippen LogP contribution in [0.1, 0.15) is 35.1 Å². The number of unbranched alkanes of at least 4 members (excludes halogenated alkanes) is 1. The Morgan fingerprint density at radius 2 is 1.80 bits per heavy atom. The van der Waals surface area contributed by atoms with E-state index in [1.807, 2.05) is 37.3 Å². The molecule has 11 heteroatoms. The third-order valence-corrected chi connectivity index (χ3v) is 6.35. The first kappa shape index (κ1) is 25.9. The number of aliphatic carboxylic acids is 1. The number of hydrogen-bond acceptors (Lipinski definition) is 7. The average Bonchev–Trinajstić information content (AvgIpc) is 3.31. The molecule has 186 valence electrons. The van der Waals surface area contributed by atoms with Gasteiger partial charge in [-0.3, -0.25) is 9.59 Å². The minimum absolute atomic E-state index is 0.0544. The van der Waals surface area contributed by atoms with E-state index in [-0.39, 0.29) is 24.2 Å². The van der Waals surface area contributed by atoms with Gasteiger partial charge < -0.3 is 25.0 Å². The van der Waals surface area contributed by atoms with Crippen LogP contribution >= 0.6 is 11.3 Å². The number of ether oxygens (including phenoxy) is 1. The zero-order chi connectivity index (χ0) is 25.2. The zero-order valence-electron chi connectivity index (χ0n) is 19.4. The molecule has 2 N–H and O–H groups in total. The van der Waals surface area contributed by atoms with Gasteiger partial charge >= 0.3 is 12.1 Å². The van der Waals surface area contributed by atoms with Crippen molar-refractivity contribution in [3.63, 3.8) is 0 Å². The van der Waals surface area contributed by atoms with E-state index in [1.54, 1.807) is 9.80 Å². The lowest BCUT2D eigenvalue weighted by Crippen LogP contribution is -2.52. The molecule has 0 bridgehead atoms. The molecule has 2 heterocycles. The highest BCUT2D eigenvalue weighted by Crippen LogP contribution is 2.29. The molecule has 3 amide bonds. The molecular weight excluding hydrogens is 472 g/mol. The molecule has 35 heavy (non-hydrogen) atoms. The number of aromatic nitrogens is 1. The Bertz CT molecular complexity index is 1080. The number of carbonyl (C=O) groups is 4. The molecule has 1 aliphatic heterocycles. The predicted octanol–water partition coefficient (Wildman–Crippen LogP) is 2.72. The molecule has 3 rings (SSSR count). The Balaban J connectivity index is 1.58. The van der Waals surface area contributed by atoms with Crippen molar-refractivity contribution in [3.05, 3.63) is 47.0 Å². The SMILES string of the molecule is CCCCOC(=O)N1CCN(C(=O)CNC(=O)c2nc(-c3ccccc3)sc2/C=C/C(=O)O)CC1. The van der Waals surface area contributed by atoms with Crippen LogP contribution in [0.5, 0.6) is 0 Å². The van der Waals surface area contributed by atoms with Crippen molar-refractivity contribution < 1.29 is 29.0 Å². The van der Waals surface area contributed by atoms with Crippen molar-refractivity contribution in [3.8, 4) is 10.6 Å². The Labute approximate surface area is 207 Å². The van der Waals surface area contributed by atoms with E-state index in [0.717, 1.165) is 24.5 Å². The van der Waals surface area contributed by atoms with Gasteiger partial charge in [0.25, 0.3) is 5.91 Å². The number of hydrogen-bond donors (Lipinski definition) is 2. The van der Waals surface area contributed by atoms with Crippen molar-refractivity contribution in [2.24, 2.45) is 0 Å². The lowest BCUT2D eigenvalue weighted by molar-refractivity contribution is -0.132. The zero-order valence-corrected chi connectivity index (χ0v) is 20.3. The van der Waals surface area contributed by atoms with Crippen LogP contribution in [0.3, 0.4) is 0 Å². The molecule has 0 spiro atoms. The van der Waals surface area contributed by atoms with Gasteiger partial charge in [-0.15, -0.1) is 11.3 Å². The van der Waals surface area contributed by atoms with Gasteiger partial charge in [0.15, 0.2) is 0 Å². The number of amides is 3. The fourth-order valence-corrected chi connectivity index (χ4v) is 4.31. The maximum Gasteiger partial charge on any atom is 0.409 e. The second kappa shape index (κ2) is 12.7. The number of carbonyl (C=O) groups excluding carboxylic acids is 3. The summed E-state index contributed by atoms with van der Waals surface area (Å²) < 4.78 is 5.20. The van der Waals surface area contributed by atoms with E-state index >= 15 is 0 Å². The van der Waals surface area contributed by atoms with Gasteiger partial charge in [-0.2, -0.15) is 0 Å². The lowest BCUT2D eigenvalue weighted by Gasteiger charge is -2.34. The third-order valence-electron chi connectivity index (χ3n) is 5.28. The molecule has 0 atom stereocenters. The number of carboxylic acids is 1. The number of rotatable bonds is 9. The minimum atomic E-state index is -1.14. The van der Waals surface area contributed by atoms with Gasteiger partial charge in [0, 0.05) is 37.8 Å². The van der Waals surface area contributed by atoms with Crippen molar-refractivity contribution in [2.45, 2.75) is 19.8 Å². The summed E-state index contributed by atoms with van der Waals surface area (Å²) in [6.07, 6.45) is 3.63. The number of carboxylic acid groups (broad SMARTS) is 1. The number of thiazole rings is 1. The molecule has 1 aliphatic rings. The largest absolute Gasteiger partial charge is 0.478 e. The summed E-state index contributed by atoms with van der Waals surface area (Å²) in [5.41, 5.74) is 0.850. The molecule has 1 aromatic carbocycles. The first-order chi connectivity index (χ1) is 16.9. The van der Waals surface area contributed by atoms with Gasteiger partial charge in [-0.05, 0) is 12.5 Å². The first-order valence-corrected chi connectivity index (χ1v) is 12.2. The summed E-state index contributed by atoms with van der Waals surface area (Å²) in [5, 5.41) is 12.1.